The van der Waals surface area contributed by atoms with Crippen LogP contribution in [0.1, 0.15) is 24.4 Å². The van der Waals surface area contributed by atoms with E-state index in [4.69, 9.17) is 9.47 Å². The van der Waals surface area contributed by atoms with Gasteiger partial charge in [0.25, 0.3) is 0 Å². The molecule has 24 heavy (non-hydrogen) atoms. The fourth-order valence-electron chi connectivity index (χ4n) is 3.15. The second-order valence-electron chi connectivity index (χ2n) is 5.70. The zero-order chi connectivity index (χ0) is 17.2. The maximum atomic E-state index is 13.1. The predicted octanol–water partition coefficient (Wildman–Crippen LogP) is 3.23. The van der Waals surface area contributed by atoms with E-state index in [0.29, 0.717) is 12.3 Å². The third-order valence-corrected chi connectivity index (χ3v) is 6.31. The number of hydrogen-bond acceptors (Lipinski definition) is 4. The van der Waals surface area contributed by atoms with Gasteiger partial charge < -0.3 is 9.47 Å². The zero-order valence-electron chi connectivity index (χ0n) is 13.8. The minimum absolute atomic E-state index is 0.161. The van der Waals surface area contributed by atoms with Crippen LogP contribution in [-0.4, -0.2) is 33.5 Å². The monoisotopic (exact) mass is 347 g/mol. The van der Waals surface area contributed by atoms with Gasteiger partial charge >= 0.3 is 0 Å². The fraction of sp³-hybridized carbons (Fsp3) is 0.333. The molecule has 6 heteroatoms. The lowest BCUT2D eigenvalue weighted by molar-refractivity contribution is 0.380. The number of para-hydroxylation sites is 1. The molecule has 128 valence electrons. The van der Waals surface area contributed by atoms with E-state index in [2.05, 4.69) is 0 Å². The second-order valence-corrected chi connectivity index (χ2v) is 7.56. The summed E-state index contributed by atoms with van der Waals surface area (Å²) in [4.78, 5) is 0.216. The van der Waals surface area contributed by atoms with Crippen LogP contribution in [0.25, 0.3) is 0 Å². The largest absolute Gasteiger partial charge is 0.497 e. The van der Waals surface area contributed by atoms with Gasteiger partial charge in [-0.2, -0.15) is 4.31 Å². The Morgan fingerprint density at radius 1 is 1.00 bits per heavy atom. The van der Waals surface area contributed by atoms with Crippen molar-refractivity contribution >= 4 is 10.0 Å². The molecule has 2 aromatic carbocycles. The van der Waals surface area contributed by atoms with E-state index >= 15 is 0 Å². The van der Waals surface area contributed by atoms with Crippen LogP contribution < -0.4 is 9.47 Å². The van der Waals surface area contributed by atoms with Crippen molar-refractivity contribution in [2.24, 2.45) is 0 Å². The van der Waals surface area contributed by atoms with E-state index < -0.39 is 10.0 Å². The average molecular weight is 347 g/mol. The van der Waals surface area contributed by atoms with Crippen molar-refractivity contribution in [1.82, 2.24) is 4.31 Å². The van der Waals surface area contributed by atoms with Gasteiger partial charge in [0.1, 0.15) is 16.4 Å². The van der Waals surface area contributed by atoms with Gasteiger partial charge in [0.2, 0.25) is 10.0 Å². The molecule has 0 radical (unpaired) electrons. The Hall–Kier alpha value is -2.05. The summed E-state index contributed by atoms with van der Waals surface area (Å²) < 4.78 is 38.3. The highest BCUT2D eigenvalue weighted by Crippen LogP contribution is 2.38. The summed E-state index contributed by atoms with van der Waals surface area (Å²) in [7, 11) is -0.518. The van der Waals surface area contributed by atoms with Gasteiger partial charge in [-0.05, 0) is 42.7 Å². The number of benzene rings is 2. The maximum Gasteiger partial charge on any atom is 0.247 e. The molecule has 0 aromatic heterocycles. The molecular formula is C18H21NO4S. The van der Waals surface area contributed by atoms with Crippen molar-refractivity contribution in [2.75, 3.05) is 20.8 Å². The van der Waals surface area contributed by atoms with E-state index in [-0.39, 0.29) is 10.9 Å². The van der Waals surface area contributed by atoms with Crippen molar-refractivity contribution in [3.8, 4) is 11.5 Å². The Bertz CT molecular complexity index is 802. The molecule has 0 spiro atoms. The van der Waals surface area contributed by atoms with E-state index in [9.17, 15) is 8.42 Å². The topological polar surface area (TPSA) is 55.8 Å². The molecule has 1 aliphatic heterocycles. The Labute approximate surface area is 142 Å². The van der Waals surface area contributed by atoms with Gasteiger partial charge in [0.05, 0.1) is 20.3 Å². The standard InChI is InChI=1S/C18H21NO4S/c1-22-15-11-9-14(10-12-15)16-6-5-13-19(16)24(20,21)18-8-4-3-7-17(18)23-2/h3-4,7-12,16H,5-6,13H2,1-2H3. The first kappa shape index (κ1) is 16.8. The molecule has 0 saturated carbocycles. The predicted molar refractivity (Wildman–Crippen MR) is 91.9 cm³/mol. The summed E-state index contributed by atoms with van der Waals surface area (Å²) in [6.45, 7) is 0.511. The molecule has 0 aliphatic carbocycles. The second kappa shape index (κ2) is 6.83. The number of methoxy groups -OCH3 is 2. The lowest BCUT2D eigenvalue weighted by atomic mass is 10.1. The molecule has 2 aromatic rings. The van der Waals surface area contributed by atoms with Crippen molar-refractivity contribution in [1.29, 1.82) is 0 Å². The minimum atomic E-state index is -3.62. The molecule has 1 atom stereocenters. The van der Waals surface area contributed by atoms with Crippen LogP contribution in [0.5, 0.6) is 11.5 Å². The average Bonchev–Trinajstić information content (AvgIpc) is 3.12. The number of sulfonamides is 1. The highest BCUT2D eigenvalue weighted by atomic mass is 32.2. The smallest absolute Gasteiger partial charge is 0.247 e. The lowest BCUT2D eigenvalue weighted by Crippen LogP contribution is -2.31. The maximum absolute atomic E-state index is 13.1. The van der Waals surface area contributed by atoms with Gasteiger partial charge in [0.15, 0.2) is 0 Å². The van der Waals surface area contributed by atoms with Crippen LogP contribution in [-0.2, 0) is 10.0 Å². The van der Waals surface area contributed by atoms with E-state index in [1.165, 1.54) is 7.11 Å². The molecule has 0 bridgehead atoms. The van der Waals surface area contributed by atoms with E-state index in [1.807, 2.05) is 24.3 Å². The Morgan fingerprint density at radius 3 is 2.38 bits per heavy atom. The summed E-state index contributed by atoms with van der Waals surface area (Å²) in [5.74, 6) is 1.13. The van der Waals surface area contributed by atoms with Crippen molar-refractivity contribution in [2.45, 2.75) is 23.8 Å². The van der Waals surface area contributed by atoms with Gasteiger partial charge in [-0.1, -0.05) is 24.3 Å². The molecule has 1 saturated heterocycles. The number of ether oxygens (including phenoxy) is 2. The first-order valence-electron chi connectivity index (χ1n) is 7.86. The molecule has 0 N–H and O–H groups in total. The third kappa shape index (κ3) is 2.99. The Morgan fingerprint density at radius 2 is 1.71 bits per heavy atom. The summed E-state index contributed by atoms with van der Waals surface area (Å²) in [6.07, 6.45) is 1.64. The van der Waals surface area contributed by atoms with Crippen LogP contribution >= 0.6 is 0 Å². The van der Waals surface area contributed by atoms with E-state index in [1.54, 1.807) is 35.7 Å². The molecule has 0 amide bonds. The van der Waals surface area contributed by atoms with Gasteiger partial charge in [-0.15, -0.1) is 0 Å². The molecule has 5 nitrogen and oxygen atoms in total. The number of hydrogen-bond donors (Lipinski definition) is 0. The number of rotatable bonds is 5. The molecule has 1 aliphatic rings. The Balaban J connectivity index is 1.97. The third-order valence-electron chi connectivity index (χ3n) is 4.36. The normalized spacial score (nSPS) is 18.5. The highest BCUT2D eigenvalue weighted by molar-refractivity contribution is 7.89. The minimum Gasteiger partial charge on any atom is -0.497 e. The molecule has 3 rings (SSSR count). The van der Waals surface area contributed by atoms with Crippen LogP contribution in [0, 0.1) is 0 Å². The fourth-order valence-corrected chi connectivity index (χ4v) is 4.99. The molecule has 1 unspecified atom stereocenters. The summed E-state index contributed by atoms with van der Waals surface area (Å²) in [5, 5.41) is 0. The van der Waals surface area contributed by atoms with Crippen LogP contribution in [0.2, 0.25) is 0 Å². The van der Waals surface area contributed by atoms with E-state index in [0.717, 1.165) is 24.2 Å². The SMILES string of the molecule is COc1ccc(C2CCCN2S(=O)(=O)c2ccccc2OC)cc1. The van der Waals surface area contributed by atoms with Gasteiger partial charge in [-0.25, -0.2) is 8.42 Å². The zero-order valence-corrected chi connectivity index (χ0v) is 14.6. The van der Waals surface area contributed by atoms with Crippen molar-refractivity contribution < 1.29 is 17.9 Å². The summed E-state index contributed by atoms with van der Waals surface area (Å²) in [5.41, 5.74) is 0.978. The van der Waals surface area contributed by atoms with Crippen molar-refractivity contribution in [3.63, 3.8) is 0 Å². The first-order valence-corrected chi connectivity index (χ1v) is 9.30. The van der Waals surface area contributed by atoms with Crippen LogP contribution in [0.4, 0.5) is 0 Å². The highest BCUT2D eigenvalue weighted by Gasteiger charge is 2.37. The Kier molecular flexibility index (Phi) is 4.78. The molecular weight excluding hydrogens is 326 g/mol. The van der Waals surface area contributed by atoms with Crippen LogP contribution in [0.3, 0.4) is 0 Å². The first-order chi connectivity index (χ1) is 11.6. The molecule has 1 heterocycles. The quantitative estimate of drug-likeness (QED) is 0.833. The van der Waals surface area contributed by atoms with Crippen LogP contribution in [0.15, 0.2) is 53.4 Å². The van der Waals surface area contributed by atoms with Gasteiger partial charge in [-0.3, -0.25) is 0 Å². The molecule has 1 fully saturated rings. The van der Waals surface area contributed by atoms with Crippen molar-refractivity contribution in [3.05, 3.63) is 54.1 Å². The lowest BCUT2D eigenvalue weighted by Gasteiger charge is -2.25. The summed E-state index contributed by atoms with van der Waals surface area (Å²) in [6, 6.07) is 14.2. The summed E-state index contributed by atoms with van der Waals surface area (Å²) >= 11 is 0. The number of nitrogens with zero attached hydrogens (tertiary/aromatic N) is 1. The van der Waals surface area contributed by atoms with Gasteiger partial charge in [0, 0.05) is 6.54 Å².